The minimum Gasteiger partial charge on any atom is -0.473 e. The number of para-hydroxylation sites is 1. The summed E-state index contributed by atoms with van der Waals surface area (Å²) in [7, 11) is -4.17. The van der Waals surface area contributed by atoms with E-state index in [-0.39, 0.29) is 13.1 Å². The largest absolute Gasteiger partial charge is 0.573 e. The number of aromatic nitrogens is 1. The molecular weight excluding hydrogens is 385 g/mol. The maximum Gasteiger partial charge on any atom is 0.573 e. The molecule has 0 aliphatic carbocycles. The van der Waals surface area contributed by atoms with Crippen molar-refractivity contribution in [1.82, 2.24) is 9.29 Å². The SMILES string of the molecule is Cc1ccc(O[C@@H]2CCN(S(=O)(=O)c3ccccc3OC(F)(F)F)C2)nc1. The molecule has 1 saturated heterocycles. The minimum absolute atomic E-state index is 0.0121. The van der Waals surface area contributed by atoms with E-state index in [0.29, 0.717) is 12.3 Å². The second-order valence-corrected chi connectivity index (χ2v) is 7.97. The number of hydrogen-bond acceptors (Lipinski definition) is 5. The van der Waals surface area contributed by atoms with Crippen molar-refractivity contribution in [1.29, 1.82) is 0 Å². The Labute approximate surface area is 154 Å². The van der Waals surface area contributed by atoms with Crippen molar-refractivity contribution in [2.45, 2.75) is 30.7 Å². The number of halogens is 3. The van der Waals surface area contributed by atoms with Gasteiger partial charge in [-0.3, -0.25) is 0 Å². The van der Waals surface area contributed by atoms with Crippen LogP contribution in [0, 0.1) is 6.92 Å². The molecule has 0 unspecified atom stereocenters. The van der Waals surface area contributed by atoms with E-state index in [1.165, 1.54) is 12.1 Å². The standard InChI is InChI=1S/C17H17F3N2O4S/c1-12-6-7-16(21-10-12)25-13-8-9-22(11-13)27(23,24)15-5-3-2-4-14(15)26-17(18,19)20/h2-7,10,13H,8-9,11H2,1H3/t13-/m1/s1. The molecule has 0 N–H and O–H groups in total. The summed E-state index contributed by atoms with van der Waals surface area (Å²) in [6, 6.07) is 8.18. The van der Waals surface area contributed by atoms with Crippen molar-refractivity contribution in [2.75, 3.05) is 13.1 Å². The van der Waals surface area contributed by atoms with Crippen LogP contribution in [0.15, 0.2) is 47.5 Å². The van der Waals surface area contributed by atoms with Gasteiger partial charge >= 0.3 is 6.36 Å². The van der Waals surface area contributed by atoms with E-state index in [4.69, 9.17) is 4.74 Å². The van der Waals surface area contributed by atoms with Crippen LogP contribution in [0.25, 0.3) is 0 Å². The van der Waals surface area contributed by atoms with Crippen LogP contribution in [-0.2, 0) is 10.0 Å². The molecule has 1 aliphatic heterocycles. The molecule has 1 atom stereocenters. The molecule has 0 radical (unpaired) electrons. The molecule has 3 rings (SSSR count). The van der Waals surface area contributed by atoms with Crippen LogP contribution >= 0.6 is 0 Å². The third-order valence-electron chi connectivity index (χ3n) is 3.97. The highest BCUT2D eigenvalue weighted by Crippen LogP contribution is 2.32. The number of nitrogens with zero attached hydrogens (tertiary/aromatic N) is 2. The number of rotatable bonds is 5. The monoisotopic (exact) mass is 402 g/mol. The van der Waals surface area contributed by atoms with Crippen molar-refractivity contribution in [3.8, 4) is 11.6 Å². The summed E-state index contributed by atoms with van der Waals surface area (Å²) >= 11 is 0. The summed E-state index contributed by atoms with van der Waals surface area (Å²) in [5.74, 6) is -0.389. The van der Waals surface area contributed by atoms with Gasteiger partial charge in [0.15, 0.2) is 0 Å². The van der Waals surface area contributed by atoms with Gasteiger partial charge in [0, 0.05) is 18.8 Å². The average Bonchev–Trinajstić information content (AvgIpc) is 3.05. The molecule has 1 aromatic heterocycles. The number of hydrogen-bond donors (Lipinski definition) is 0. The zero-order valence-corrected chi connectivity index (χ0v) is 15.1. The van der Waals surface area contributed by atoms with Crippen molar-refractivity contribution in [2.24, 2.45) is 0 Å². The first kappa shape index (κ1) is 19.4. The Morgan fingerprint density at radius 3 is 2.59 bits per heavy atom. The minimum atomic E-state index is -4.99. The quantitative estimate of drug-likeness (QED) is 0.769. The Hall–Kier alpha value is -2.33. The average molecular weight is 402 g/mol. The smallest absolute Gasteiger partial charge is 0.473 e. The van der Waals surface area contributed by atoms with E-state index in [1.54, 1.807) is 12.3 Å². The van der Waals surface area contributed by atoms with Gasteiger partial charge in [-0.15, -0.1) is 13.2 Å². The van der Waals surface area contributed by atoms with Gasteiger partial charge < -0.3 is 9.47 Å². The normalized spacial score (nSPS) is 18.4. The zero-order chi connectivity index (χ0) is 19.7. The lowest BCUT2D eigenvalue weighted by Gasteiger charge is -2.19. The fourth-order valence-electron chi connectivity index (χ4n) is 2.72. The summed E-state index contributed by atoms with van der Waals surface area (Å²) in [6.45, 7) is 2.01. The number of sulfonamides is 1. The lowest BCUT2D eigenvalue weighted by atomic mass is 10.3. The molecule has 0 spiro atoms. The van der Waals surface area contributed by atoms with Gasteiger partial charge in [0.05, 0.1) is 6.54 Å². The van der Waals surface area contributed by atoms with Gasteiger partial charge in [-0.2, -0.15) is 4.31 Å². The zero-order valence-electron chi connectivity index (χ0n) is 14.3. The van der Waals surface area contributed by atoms with E-state index < -0.39 is 33.1 Å². The Morgan fingerprint density at radius 2 is 1.93 bits per heavy atom. The van der Waals surface area contributed by atoms with E-state index in [0.717, 1.165) is 22.0 Å². The van der Waals surface area contributed by atoms with Crippen molar-refractivity contribution >= 4 is 10.0 Å². The molecule has 27 heavy (non-hydrogen) atoms. The molecule has 6 nitrogen and oxygen atoms in total. The second-order valence-electron chi connectivity index (χ2n) is 6.06. The van der Waals surface area contributed by atoms with Gasteiger partial charge in [0.2, 0.25) is 15.9 Å². The summed E-state index contributed by atoms with van der Waals surface area (Å²) in [6.07, 6.45) is -3.40. The van der Waals surface area contributed by atoms with E-state index >= 15 is 0 Å². The summed E-state index contributed by atoms with van der Waals surface area (Å²) < 4.78 is 73.9. The maximum atomic E-state index is 12.8. The Bertz CT molecular complexity index is 901. The molecule has 0 bridgehead atoms. The lowest BCUT2D eigenvalue weighted by molar-refractivity contribution is -0.275. The fraction of sp³-hybridized carbons (Fsp3) is 0.353. The van der Waals surface area contributed by atoms with Crippen LogP contribution in [0.1, 0.15) is 12.0 Å². The highest BCUT2D eigenvalue weighted by atomic mass is 32.2. The maximum absolute atomic E-state index is 12.8. The van der Waals surface area contributed by atoms with Crippen LogP contribution in [0.4, 0.5) is 13.2 Å². The van der Waals surface area contributed by atoms with E-state index in [2.05, 4.69) is 9.72 Å². The number of benzene rings is 1. The van der Waals surface area contributed by atoms with Crippen LogP contribution < -0.4 is 9.47 Å². The molecule has 10 heteroatoms. The van der Waals surface area contributed by atoms with Gasteiger partial charge in [-0.25, -0.2) is 13.4 Å². The highest BCUT2D eigenvalue weighted by molar-refractivity contribution is 7.89. The van der Waals surface area contributed by atoms with Crippen LogP contribution in [0.5, 0.6) is 11.6 Å². The van der Waals surface area contributed by atoms with Crippen molar-refractivity contribution in [3.63, 3.8) is 0 Å². The Kier molecular flexibility index (Phi) is 5.29. The first-order valence-corrected chi connectivity index (χ1v) is 9.53. The molecule has 146 valence electrons. The second kappa shape index (κ2) is 7.35. The van der Waals surface area contributed by atoms with Gasteiger partial charge in [-0.1, -0.05) is 18.2 Å². The predicted molar refractivity (Wildman–Crippen MR) is 89.9 cm³/mol. The highest BCUT2D eigenvalue weighted by Gasteiger charge is 2.38. The van der Waals surface area contributed by atoms with Gasteiger partial charge in [0.1, 0.15) is 16.7 Å². The van der Waals surface area contributed by atoms with Gasteiger partial charge in [0.25, 0.3) is 0 Å². The number of aryl methyl sites for hydroxylation is 1. The van der Waals surface area contributed by atoms with Crippen LogP contribution in [-0.4, -0.2) is 43.3 Å². The molecule has 2 aromatic rings. The first-order valence-electron chi connectivity index (χ1n) is 8.09. The van der Waals surface area contributed by atoms with Crippen LogP contribution in [0.3, 0.4) is 0 Å². The third-order valence-corrected chi connectivity index (χ3v) is 5.88. The van der Waals surface area contributed by atoms with Crippen molar-refractivity contribution in [3.05, 3.63) is 48.2 Å². The third kappa shape index (κ3) is 4.69. The molecule has 0 saturated carbocycles. The number of ether oxygens (including phenoxy) is 2. The molecule has 1 aromatic carbocycles. The summed E-state index contributed by atoms with van der Waals surface area (Å²) in [5.41, 5.74) is 0.958. The van der Waals surface area contributed by atoms with Crippen molar-refractivity contribution < 1.29 is 31.1 Å². The number of pyridine rings is 1. The molecule has 2 heterocycles. The Balaban J connectivity index is 1.76. The molecular formula is C17H17F3N2O4S. The topological polar surface area (TPSA) is 68.7 Å². The molecule has 1 aliphatic rings. The van der Waals surface area contributed by atoms with Gasteiger partial charge in [-0.05, 0) is 31.0 Å². The van der Waals surface area contributed by atoms with E-state index in [1.807, 2.05) is 13.0 Å². The summed E-state index contributed by atoms with van der Waals surface area (Å²) in [5, 5.41) is 0. The molecule has 1 fully saturated rings. The lowest BCUT2D eigenvalue weighted by Crippen LogP contribution is -2.32. The first-order chi connectivity index (χ1) is 12.6. The van der Waals surface area contributed by atoms with Crippen LogP contribution in [0.2, 0.25) is 0 Å². The Morgan fingerprint density at radius 1 is 1.19 bits per heavy atom. The number of alkyl halides is 3. The predicted octanol–water partition coefficient (Wildman–Crippen LogP) is 3.13. The van der Waals surface area contributed by atoms with E-state index in [9.17, 15) is 21.6 Å². The molecule has 0 amide bonds. The fourth-order valence-corrected chi connectivity index (χ4v) is 4.32. The summed E-state index contributed by atoms with van der Waals surface area (Å²) in [4.78, 5) is 3.58.